The average Bonchev–Trinajstić information content (AvgIpc) is 2.43. The van der Waals surface area contributed by atoms with E-state index < -0.39 is 0 Å². The minimum absolute atomic E-state index is 0.0325. The number of carbonyl (C=O) groups is 1. The molecule has 98 valence electrons. The topological polar surface area (TPSA) is 96.9 Å². The Morgan fingerprint density at radius 1 is 1.56 bits per heavy atom. The molecule has 0 aliphatic rings. The number of benzene rings is 1. The van der Waals surface area contributed by atoms with Crippen LogP contribution in [0.4, 0.5) is 0 Å². The molecule has 1 aromatic rings. The van der Waals surface area contributed by atoms with E-state index in [4.69, 9.17) is 15.7 Å². The molecule has 4 N–H and O–H groups in total. The van der Waals surface area contributed by atoms with Crippen LogP contribution in [0.25, 0.3) is 0 Å². The van der Waals surface area contributed by atoms with Gasteiger partial charge in [0.2, 0.25) is 0 Å². The number of amidine groups is 1. The number of oxime groups is 1. The molecule has 1 atom stereocenters. The third kappa shape index (κ3) is 3.74. The molecule has 0 bridgehead atoms. The molecular formula is C12H17N3O3. The van der Waals surface area contributed by atoms with E-state index in [-0.39, 0.29) is 17.8 Å². The average molecular weight is 251 g/mol. The summed E-state index contributed by atoms with van der Waals surface area (Å²) in [6.07, 6.45) is -0.0544. The van der Waals surface area contributed by atoms with Crippen molar-refractivity contribution in [2.45, 2.75) is 13.0 Å². The van der Waals surface area contributed by atoms with Gasteiger partial charge in [-0.2, -0.15) is 0 Å². The van der Waals surface area contributed by atoms with Gasteiger partial charge in [0.25, 0.3) is 5.91 Å². The van der Waals surface area contributed by atoms with Gasteiger partial charge in [-0.25, -0.2) is 0 Å². The van der Waals surface area contributed by atoms with Crippen LogP contribution < -0.4 is 11.1 Å². The van der Waals surface area contributed by atoms with Crippen molar-refractivity contribution in [2.75, 3.05) is 13.7 Å². The first-order valence-corrected chi connectivity index (χ1v) is 5.47. The van der Waals surface area contributed by atoms with Gasteiger partial charge in [0.15, 0.2) is 5.84 Å². The number of nitrogens with zero attached hydrogens (tertiary/aromatic N) is 1. The minimum Gasteiger partial charge on any atom is -0.409 e. The second kappa shape index (κ2) is 6.61. The van der Waals surface area contributed by atoms with Crippen molar-refractivity contribution >= 4 is 11.7 Å². The van der Waals surface area contributed by atoms with Crippen LogP contribution in [0, 0.1) is 0 Å². The lowest BCUT2D eigenvalue weighted by atomic mass is 10.1. The predicted octanol–water partition coefficient (Wildman–Crippen LogP) is 0.546. The lowest BCUT2D eigenvalue weighted by molar-refractivity contribution is 0.0870. The number of ether oxygens (including phenoxy) is 1. The fraction of sp³-hybridized carbons (Fsp3) is 0.333. The van der Waals surface area contributed by atoms with Gasteiger partial charge in [-0.15, -0.1) is 0 Å². The second-order valence-electron chi connectivity index (χ2n) is 3.82. The number of hydrogen-bond acceptors (Lipinski definition) is 4. The predicted molar refractivity (Wildman–Crippen MR) is 67.8 cm³/mol. The molecule has 6 nitrogen and oxygen atoms in total. The van der Waals surface area contributed by atoms with E-state index in [9.17, 15) is 4.79 Å². The fourth-order valence-corrected chi connectivity index (χ4v) is 1.30. The lowest BCUT2D eigenvalue weighted by Gasteiger charge is -2.11. The monoisotopic (exact) mass is 251 g/mol. The minimum atomic E-state index is -0.230. The van der Waals surface area contributed by atoms with Gasteiger partial charge in [0.1, 0.15) is 0 Å². The molecule has 6 heteroatoms. The molecule has 1 aromatic carbocycles. The van der Waals surface area contributed by atoms with E-state index in [1.807, 2.05) is 6.92 Å². The Morgan fingerprint density at radius 3 is 2.83 bits per heavy atom. The van der Waals surface area contributed by atoms with Crippen LogP contribution in [-0.4, -0.2) is 36.7 Å². The molecule has 18 heavy (non-hydrogen) atoms. The normalized spacial score (nSPS) is 13.1. The molecule has 0 aliphatic carbocycles. The van der Waals surface area contributed by atoms with E-state index in [0.717, 1.165) is 0 Å². The van der Waals surface area contributed by atoms with Crippen molar-refractivity contribution in [1.29, 1.82) is 0 Å². The third-order valence-corrected chi connectivity index (χ3v) is 2.48. The highest BCUT2D eigenvalue weighted by Gasteiger charge is 2.09. The van der Waals surface area contributed by atoms with E-state index >= 15 is 0 Å². The Morgan fingerprint density at radius 2 is 2.22 bits per heavy atom. The molecule has 0 heterocycles. The highest BCUT2D eigenvalue weighted by atomic mass is 16.5. The van der Waals surface area contributed by atoms with Crippen LogP contribution in [0.1, 0.15) is 22.8 Å². The fourth-order valence-electron chi connectivity index (χ4n) is 1.30. The van der Waals surface area contributed by atoms with Crippen LogP contribution >= 0.6 is 0 Å². The van der Waals surface area contributed by atoms with E-state index in [1.165, 1.54) is 0 Å². The maximum Gasteiger partial charge on any atom is 0.251 e. The van der Waals surface area contributed by atoms with E-state index in [0.29, 0.717) is 17.7 Å². The number of nitrogens with two attached hydrogens (primary N) is 1. The number of hydrogen-bond donors (Lipinski definition) is 3. The maximum atomic E-state index is 11.8. The Bertz CT molecular complexity index is 446. The Kier molecular flexibility index (Phi) is 5.13. The smallest absolute Gasteiger partial charge is 0.251 e. The van der Waals surface area contributed by atoms with Crippen LogP contribution in [-0.2, 0) is 4.74 Å². The maximum absolute atomic E-state index is 11.8. The zero-order chi connectivity index (χ0) is 13.5. The molecule has 0 fully saturated rings. The molecule has 0 saturated heterocycles. The zero-order valence-electron chi connectivity index (χ0n) is 10.4. The summed E-state index contributed by atoms with van der Waals surface area (Å²) in [5.41, 5.74) is 6.39. The first-order valence-electron chi connectivity index (χ1n) is 5.47. The van der Waals surface area contributed by atoms with Crippen molar-refractivity contribution in [3.8, 4) is 0 Å². The number of nitrogens with one attached hydrogen (secondary N) is 1. The third-order valence-electron chi connectivity index (χ3n) is 2.48. The molecule has 0 spiro atoms. The van der Waals surface area contributed by atoms with Crippen molar-refractivity contribution in [1.82, 2.24) is 5.32 Å². The van der Waals surface area contributed by atoms with Crippen molar-refractivity contribution < 1.29 is 14.7 Å². The Balaban J connectivity index is 2.74. The Labute approximate surface area is 105 Å². The number of rotatable bonds is 5. The van der Waals surface area contributed by atoms with Crippen molar-refractivity contribution in [3.63, 3.8) is 0 Å². The van der Waals surface area contributed by atoms with Gasteiger partial charge in [0.05, 0.1) is 6.10 Å². The summed E-state index contributed by atoms with van der Waals surface area (Å²) in [6.45, 7) is 2.27. The zero-order valence-corrected chi connectivity index (χ0v) is 10.4. The number of methoxy groups -OCH3 is 1. The SMILES string of the molecule is COC(C)CNC(=O)c1cccc(/C(N)=N/O)c1. The summed E-state index contributed by atoms with van der Waals surface area (Å²) in [5, 5.41) is 14.2. The van der Waals surface area contributed by atoms with E-state index in [2.05, 4.69) is 10.5 Å². The van der Waals surface area contributed by atoms with Crippen LogP contribution in [0.3, 0.4) is 0 Å². The molecular weight excluding hydrogens is 234 g/mol. The van der Waals surface area contributed by atoms with Crippen LogP contribution in [0.15, 0.2) is 29.4 Å². The van der Waals surface area contributed by atoms with Crippen molar-refractivity contribution in [3.05, 3.63) is 35.4 Å². The first kappa shape index (κ1) is 14.0. The largest absolute Gasteiger partial charge is 0.409 e. The summed E-state index contributed by atoms with van der Waals surface area (Å²) in [6, 6.07) is 6.54. The highest BCUT2D eigenvalue weighted by molar-refractivity contribution is 6.01. The molecule has 1 amide bonds. The number of amides is 1. The first-order chi connectivity index (χ1) is 8.58. The summed E-state index contributed by atoms with van der Waals surface area (Å²) in [4.78, 5) is 11.8. The van der Waals surface area contributed by atoms with Gasteiger partial charge < -0.3 is 21.0 Å². The quantitative estimate of drug-likeness (QED) is 0.308. The molecule has 1 unspecified atom stereocenters. The standard InChI is InChI=1S/C12H17N3O3/c1-8(18-2)7-14-12(16)10-5-3-4-9(6-10)11(13)15-17/h3-6,8,17H,7H2,1-2H3,(H2,13,15)(H,14,16). The summed E-state index contributed by atoms with van der Waals surface area (Å²) in [7, 11) is 1.58. The highest BCUT2D eigenvalue weighted by Crippen LogP contribution is 2.05. The van der Waals surface area contributed by atoms with Crippen LogP contribution in [0.5, 0.6) is 0 Å². The summed E-state index contributed by atoms with van der Waals surface area (Å²) < 4.78 is 5.03. The van der Waals surface area contributed by atoms with Gasteiger partial charge in [-0.3, -0.25) is 4.79 Å². The van der Waals surface area contributed by atoms with E-state index in [1.54, 1.807) is 31.4 Å². The lowest BCUT2D eigenvalue weighted by Crippen LogP contribution is -2.31. The molecule has 0 aromatic heterocycles. The summed E-state index contributed by atoms with van der Waals surface area (Å²) >= 11 is 0. The molecule has 0 radical (unpaired) electrons. The van der Waals surface area contributed by atoms with Crippen LogP contribution in [0.2, 0.25) is 0 Å². The van der Waals surface area contributed by atoms with Crippen molar-refractivity contribution in [2.24, 2.45) is 10.9 Å². The van der Waals surface area contributed by atoms with Gasteiger partial charge in [-0.05, 0) is 19.1 Å². The Hall–Kier alpha value is -2.08. The number of carbonyl (C=O) groups excluding carboxylic acids is 1. The van der Waals surface area contributed by atoms with Gasteiger partial charge in [-0.1, -0.05) is 17.3 Å². The molecule has 0 aliphatic heterocycles. The van der Waals surface area contributed by atoms with Gasteiger partial charge in [0, 0.05) is 24.8 Å². The molecule has 0 saturated carbocycles. The molecule has 1 rings (SSSR count). The summed E-state index contributed by atoms with van der Waals surface area (Å²) in [5.74, 6) is -0.263. The second-order valence-corrected chi connectivity index (χ2v) is 3.82. The van der Waals surface area contributed by atoms with Gasteiger partial charge >= 0.3 is 0 Å².